The molecule has 1 heterocycles. The van der Waals surface area contributed by atoms with E-state index in [1.807, 2.05) is 0 Å². The van der Waals surface area contributed by atoms with Gasteiger partial charge in [0.05, 0.1) is 16.8 Å². The lowest BCUT2D eigenvalue weighted by Crippen LogP contribution is -2.11. The van der Waals surface area contributed by atoms with E-state index in [0.717, 1.165) is 31.3 Å². The number of aromatic nitrogens is 2. The van der Waals surface area contributed by atoms with Crippen LogP contribution in [0.1, 0.15) is 29.3 Å². The first-order valence-electron chi connectivity index (χ1n) is 9.06. The average molecular weight is 472 g/mol. The van der Waals surface area contributed by atoms with Crippen molar-refractivity contribution in [1.82, 2.24) is 9.97 Å². The van der Waals surface area contributed by atoms with E-state index < -0.39 is 52.3 Å². The van der Waals surface area contributed by atoms with Gasteiger partial charge >= 0.3 is 12.4 Å². The smallest absolute Gasteiger partial charge is 0.294 e. The van der Waals surface area contributed by atoms with Crippen molar-refractivity contribution in [3.63, 3.8) is 0 Å². The van der Waals surface area contributed by atoms with E-state index in [0.29, 0.717) is 18.2 Å². The molecule has 2 aromatic carbocycles. The van der Waals surface area contributed by atoms with Crippen molar-refractivity contribution in [3.05, 3.63) is 82.7 Å². The fraction of sp³-hybridized carbons (Fsp3) is 0.136. The predicted octanol–water partition coefficient (Wildman–Crippen LogP) is 6.59. The van der Waals surface area contributed by atoms with Gasteiger partial charge in [-0.1, -0.05) is 0 Å². The Morgan fingerprint density at radius 1 is 0.879 bits per heavy atom. The molecule has 0 aliphatic carbocycles. The SMILES string of the molecule is CC(=O)/C(=C/c1ccnc(-c2cc(C(F)(F)F)cc(C(F)(F)F)c2)n1)c1ccc(F)cc1F. The summed E-state index contributed by atoms with van der Waals surface area (Å²) in [5.41, 5.74) is -4.26. The summed E-state index contributed by atoms with van der Waals surface area (Å²) in [5, 5.41) is 0. The maximum absolute atomic E-state index is 14.1. The molecule has 3 rings (SSSR count). The van der Waals surface area contributed by atoms with Crippen molar-refractivity contribution in [2.45, 2.75) is 19.3 Å². The molecule has 0 aliphatic heterocycles. The fourth-order valence-electron chi connectivity index (χ4n) is 2.90. The van der Waals surface area contributed by atoms with Crippen LogP contribution in [0.4, 0.5) is 35.1 Å². The van der Waals surface area contributed by atoms with Crippen LogP contribution in [0.3, 0.4) is 0 Å². The quantitative estimate of drug-likeness (QED) is 0.318. The van der Waals surface area contributed by atoms with Gasteiger partial charge < -0.3 is 0 Å². The lowest BCUT2D eigenvalue weighted by molar-refractivity contribution is -0.143. The van der Waals surface area contributed by atoms with E-state index >= 15 is 0 Å². The first-order chi connectivity index (χ1) is 15.3. The van der Waals surface area contributed by atoms with Crippen molar-refractivity contribution >= 4 is 17.4 Å². The number of alkyl halides is 6. The summed E-state index contributed by atoms with van der Waals surface area (Å²) in [6.45, 7) is 1.10. The molecule has 0 N–H and O–H groups in total. The molecule has 11 heteroatoms. The van der Waals surface area contributed by atoms with Gasteiger partial charge in [-0.15, -0.1) is 0 Å². The third kappa shape index (κ3) is 5.60. The molecule has 3 aromatic rings. The minimum atomic E-state index is -5.06. The minimum Gasteiger partial charge on any atom is -0.294 e. The Morgan fingerprint density at radius 3 is 2.00 bits per heavy atom. The molecule has 0 fully saturated rings. The number of benzene rings is 2. The van der Waals surface area contributed by atoms with Crippen LogP contribution in [-0.4, -0.2) is 15.8 Å². The van der Waals surface area contributed by atoms with Crippen molar-refractivity contribution in [2.75, 3.05) is 0 Å². The third-order valence-corrected chi connectivity index (χ3v) is 4.42. The number of hydrogen-bond donors (Lipinski definition) is 0. The van der Waals surface area contributed by atoms with E-state index in [4.69, 9.17) is 0 Å². The molecule has 0 atom stereocenters. The topological polar surface area (TPSA) is 42.9 Å². The van der Waals surface area contributed by atoms with Gasteiger partial charge in [0.1, 0.15) is 11.6 Å². The second-order valence-corrected chi connectivity index (χ2v) is 6.84. The highest BCUT2D eigenvalue weighted by molar-refractivity contribution is 6.24. The lowest BCUT2D eigenvalue weighted by atomic mass is 10.0. The number of Topliss-reactive ketones (excluding diaryl/α,β-unsaturated/α-hetero) is 1. The van der Waals surface area contributed by atoms with Gasteiger partial charge in [-0.2, -0.15) is 26.3 Å². The molecule has 0 aliphatic rings. The molecule has 172 valence electrons. The molecule has 0 amide bonds. The highest BCUT2D eigenvalue weighted by Gasteiger charge is 2.37. The zero-order valence-corrected chi connectivity index (χ0v) is 16.5. The number of rotatable bonds is 4. The van der Waals surface area contributed by atoms with Crippen LogP contribution < -0.4 is 0 Å². The zero-order valence-electron chi connectivity index (χ0n) is 16.5. The predicted molar refractivity (Wildman–Crippen MR) is 102 cm³/mol. The molecule has 0 saturated carbocycles. The van der Waals surface area contributed by atoms with Crippen LogP contribution in [0.25, 0.3) is 23.0 Å². The Hall–Kier alpha value is -3.63. The van der Waals surface area contributed by atoms with Crippen molar-refractivity contribution in [2.24, 2.45) is 0 Å². The summed E-state index contributed by atoms with van der Waals surface area (Å²) >= 11 is 0. The van der Waals surface area contributed by atoms with Crippen molar-refractivity contribution in [3.8, 4) is 11.4 Å². The van der Waals surface area contributed by atoms with Gasteiger partial charge in [0.15, 0.2) is 11.6 Å². The summed E-state index contributed by atoms with van der Waals surface area (Å²) in [5.74, 6) is -3.05. The van der Waals surface area contributed by atoms with E-state index in [2.05, 4.69) is 9.97 Å². The number of carbonyl (C=O) groups is 1. The second kappa shape index (κ2) is 8.72. The molecule has 0 spiro atoms. The van der Waals surface area contributed by atoms with Gasteiger partial charge in [0, 0.05) is 29.0 Å². The van der Waals surface area contributed by atoms with E-state index in [1.165, 1.54) is 6.07 Å². The number of carbonyl (C=O) groups excluding carboxylic acids is 1. The summed E-state index contributed by atoms with van der Waals surface area (Å²) < 4.78 is 106. The molecule has 0 radical (unpaired) electrons. The number of hydrogen-bond acceptors (Lipinski definition) is 3. The lowest BCUT2D eigenvalue weighted by Gasteiger charge is -2.14. The van der Waals surface area contributed by atoms with Crippen LogP contribution in [0, 0.1) is 11.6 Å². The Balaban J connectivity index is 2.14. The first-order valence-corrected chi connectivity index (χ1v) is 9.06. The van der Waals surface area contributed by atoms with E-state index in [-0.39, 0.29) is 22.9 Å². The molecular formula is C22H12F8N2O. The van der Waals surface area contributed by atoms with Gasteiger partial charge in [0.25, 0.3) is 0 Å². The second-order valence-electron chi connectivity index (χ2n) is 6.84. The van der Waals surface area contributed by atoms with Gasteiger partial charge in [-0.3, -0.25) is 4.79 Å². The van der Waals surface area contributed by atoms with Crippen LogP contribution in [0.15, 0.2) is 48.7 Å². The average Bonchev–Trinajstić information content (AvgIpc) is 2.71. The molecular weight excluding hydrogens is 460 g/mol. The van der Waals surface area contributed by atoms with Gasteiger partial charge in [-0.25, -0.2) is 18.7 Å². The fourth-order valence-corrected chi connectivity index (χ4v) is 2.90. The largest absolute Gasteiger partial charge is 0.416 e. The maximum Gasteiger partial charge on any atom is 0.416 e. The zero-order chi connectivity index (χ0) is 24.6. The number of ketones is 1. The third-order valence-electron chi connectivity index (χ3n) is 4.42. The van der Waals surface area contributed by atoms with Gasteiger partial charge in [0.2, 0.25) is 0 Å². The Labute approximate surface area is 181 Å². The normalized spacial score (nSPS) is 12.7. The summed E-state index contributed by atoms with van der Waals surface area (Å²) in [4.78, 5) is 19.7. The van der Waals surface area contributed by atoms with Crippen molar-refractivity contribution < 1.29 is 39.9 Å². The number of nitrogens with zero attached hydrogens (tertiary/aromatic N) is 2. The number of halogens is 8. The van der Waals surface area contributed by atoms with Crippen LogP contribution in [0.2, 0.25) is 0 Å². The molecule has 0 unspecified atom stereocenters. The first kappa shape index (κ1) is 24.0. The molecule has 33 heavy (non-hydrogen) atoms. The van der Waals surface area contributed by atoms with Gasteiger partial charge in [-0.05, 0) is 49.4 Å². The summed E-state index contributed by atoms with van der Waals surface area (Å²) in [6, 6.07) is 4.60. The Bertz CT molecular complexity index is 1210. The monoisotopic (exact) mass is 472 g/mol. The minimum absolute atomic E-state index is 0.0293. The molecule has 0 bridgehead atoms. The highest BCUT2D eigenvalue weighted by atomic mass is 19.4. The number of allylic oxidation sites excluding steroid dienone is 1. The van der Waals surface area contributed by atoms with Crippen LogP contribution in [-0.2, 0) is 17.1 Å². The van der Waals surface area contributed by atoms with Crippen molar-refractivity contribution in [1.29, 1.82) is 0 Å². The van der Waals surface area contributed by atoms with E-state index in [9.17, 15) is 39.9 Å². The summed E-state index contributed by atoms with van der Waals surface area (Å²) in [7, 11) is 0. The van der Waals surface area contributed by atoms with E-state index in [1.54, 1.807) is 0 Å². The standard InChI is InChI=1S/C22H12F8N2O/c1-11(33)18(17-3-2-15(23)9-19(17)24)10-16-4-5-31-20(32-16)12-6-13(21(25,26)27)8-14(7-12)22(28,29)30/h2-10H,1H3/b18-10-. The molecule has 0 saturated heterocycles. The Morgan fingerprint density at radius 2 is 1.48 bits per heavy atom. The highest BCUT2D eigenvalue weighted by Crippen LogP contribution is 2.38. The maximum atomic E-state index is 14.1. The molecule has 1 aromatic heterocycles. The van der Waals surface area contributed by atoms with Crippen LogP contribution >= 0.6 is 0 Å². The summed E-state index contributed by atoms with van der Waals surface area (Å²) in [6.07, 6.45) is -7.99. The molecule has 3 nitrogen and oxygen atoms in total. The van der Waals surface area contributed by atoms with Crippen LogP contribution in [0.5, 0.6) is 0 Å². The Kier molecular flexibility index (Phi) is 6.35.